The molecule has 0 atom stereocenters. The fourth-order valence-corrected chi connectivity index (χ4v) is 3.05. The average molecular weight is 410 g/mol. The van der Waals surface area contributed by atoms with Crippen LogP contribution in [0.5, 0.6) is 5.75 Å². The molecule has 7 nitrogen and oxygen atoms in total. The van der Waals surface area contributed by atoms with Gasteiger partial charge in [0.05, 0.1) is 12.1 Å². The number of fused-ring (bicyclic) bond motifs is 1. The van der Waals surface area contributed by atoms with Crippen molar-refractivity contribution in [2.45, 2.75) is 32.8 Å². The Kier molecular flexibility index (Phi) is 6.30. The number of hydrogen-bond donors (Lipinski definition) is 3. The molecule has 3 rings (SSSR count). The van der Waals surface area contributed by atoms with Gasteiger partial charge < -0.3 is 24.9 Å². The maximum atomic E-state index is 11.7. The molecule has 1 aromatic heterocycles. The second-order valence-electron chi connectivity index (χ2n) is 7.88. The molecule has 1 heterocycles. The van der Waals surface area contributed by atoms with Crippen molar-refractivity contribution in [2.75, 3.05) is 13.2 Å². The molecule has 0 aliphatic rings. The van der Waals surface area contributed by atoms with Crippen LogP contribution in [0.4, 0.5) is 4.79 Å². The van der Waals surface area contributed by atoms with Crippen LogP contribution in [0.15, 0.2) is 48.5 Å². The first-order valence-corrected chi connectivity index (χ1v) is 9.79. The molecule has 3 aromatic rings. The van der Waals surface area contributed by atoms with Gasteiger partial charge in [0.15, 0.2) is 0 Å². The summed E-state index contributed by atoms with van der Waals surface area (Å²) in [5.74, 6) is -0.441. The third-order valence-corrected chi connectivity index (χ3v) is 4.32. The quantitative estimate of drug-likeness (QED) is 0.485. The predicted molar refractivity (Wildman–Crippen MR) is 115 cm³/mol. The summed E-state index contributed by atoms with van der Waals surface area (Å²) in [5, 5.41) is 12.8. The molecule has 0 unspecified atom stereocenters. The third-order valence-electron chi connectivity index (χ3n) is 4.32. The number of amides is 1. The number of carbonyl (C=O) groups excluding carboxylic acids is 1. The van der Waals surface area contributed by atoms with Crippen LogP contribution in [0.1, 0.15) is 37.7 Å². The maximum Gasteiger partial charge on any atom is 0.407 e. The summed E-state index contributed by atoms with van der Waals surface area (Å²) < 4.78 is 11.1. The first-order chi connectivity index (χ1) is 14.2. The minimum Gasteiger partial charge on any atom is -0.493 e. The van der Waals surface area contributed by atoms with Gasteiger partial charge in [0, 0.05) is 17.5 Å². The Morgan fingerprint density at radius 1 is 1.10 bits per heavy atom. The third kappa shape index (κ3) is 5.31. The highest BCUT2D eigenvalue weighted by molar-refractivity contribution is 6.02. The number of aromatic nitrogens is 1. The zero-order chi connectivity index (χ0) is 21.7. The van der Waals surface area contributed by atoms with Gasteiger partial charge in [-0.15, -0.1) is 0 Å². The van der Waals surface area contributed by atoms with Gasteiger partial charge in [-0.05, 0) is 51.0 Å². The number of nitrogens with one attached hydrogen (secondary N) is 2. The summed E-state index contributed by atoms with van der Waals surface area (Å²) in [5.41, 5.74) is 2.15. The molecule has 3 N–H and O–H groups in total. The summed E-state index contributed by atoms with van der Waals surface area (Å²) in [4.78, 5) is 26.1. The van der Waals surface area contributed by atoms with Gasteiger partial charge in [-0.1, -0.05) is 30.3 Å². The molecule has 7 heteroatoms. The van der Waals surface area contributed by atoms with Crippen LogP contribution < -0.4 is 10.1 Å². The lowest BCUT2D eigenvalue weighted by atomic mass is 10.0. The van der Waals surface area contributed by atoms with Gasteiger partial charge in [0.25, 0.3) is 0 Å². The molecule has 158 valence electrons. The zero-order valence-electron chi connectivity index (χ0n) is 17.3. The lowest BCUT2D eigenvalue weighted by Crippen LogP contribution is -2.33. The number of benzene rings is 2. The maximum absolute atomic E-state index is 11.7. The number of aromatic carboxylic acids is 1. The van der Waals surface area contributed by atoms with Crippen LogP contribution in [-0.4, -0.2) is 40.9 Å². The van der Waals surface area contributed by atoms with Crippen LogP contribution in [0.2, 0.25) is 0 Å². The van der Waals surface area contributed by atoms with Crippen molar-refractivity contribution in [1.29, 1.82) is 0 Å². The lowest BCUT2D eigenvalue weighted by molar-refractivity contribution is 0.0525. The van der Waals surface area contributed by atoms with Gasteiger partial charge in [0.2, 0.25) is 0 Å². The number of ether oxygens (including phenoxy) is 2. The van der Waals surface area contributed by atoms with Gasteiger partial charge in [-0.2, -0.15) is 0 Å². The average Bonchev–Trinajstić information content (AvgIpc) is 3.13. The number of alkyl carbamates (subject to hydrolysis) is 1. The van der Waals surface area contributed by atoms with E-state index in [0.29, 0.717) is 36.2 Å². The molecule has 0 saturated heterocycles. The SMILES string of the molecule is CC(C)(C)OC(=O)NCCCOc1ccc(-c2ccccc2)c2[nH]c(C(=O)O)cc12. The van der Waals surface area contributed by atoms with Crippen molar-refractivity contribution < 1.29 is 24.2 Å². The van der Waals surface area contributed by atoms with Gasteiger partial charge >= 0.3 is 12.1 Å². The van der Waals surface area contributed by atoms with E-state index >= 15 is 0 Å². The number of rotatable bonds is 7. The summed E-state index contributed by atoms with van der Waals surface area (Å²) in [6.07, 6.45) is 0.117. The van der Waals surface area contributed by atoms with Crippen LogP contribution in [0.3, 0.4) is 0 Å². The molecule has 2 aromatic carbocycles. The zero-order valence-corrected chi connectivity index (χ0v) is 17.3. The standard InChI is InChI=1S/C23H26N2O5/c1-23(2,3)30-22(28)24-12-7-13-29-19-11-10-16(15-8-5-4-6-9-15)20-17(19)14-18(25-20)21(26)27/h4-6,8-11,14,25H,7,12-13H2,1-3H3,(H,24,28)(H,26,27). The molecule has 0 saturated carbocycles. The molecular formula is C23H26N2O5. The Balaban J connectivity index is 1.71. The van der Waals surface area contributed by atoms with E-state index in [0.717, 1.165) is 11.1 Å². The Morgan fingerprint density at radius 2 is 1.83 bits per heavy atom. The number of hydrogen-bond acceptors (Lipinski definition) is 4. The molecule has 0 spiro atoms. The Hall–Kier alpha value is -3.48. The van der Waals surface area contributed by atoms with E-state index in [1.807, 2.05) is 63.2 Å². The minimum absolute atomic E-state index is 0.102. The van der Waals surface area contributed by atoms with Crippen molar-refractivity contribution >= 4 is 23.0 Å². The van der Waals surface area contributed by atoms with Crippen LogP contribution in [-0.2, 0) is 4.74 Å². The van der Waals surface area contributed by atoms with Crippen molar-refractivity contribution in [3.63, 3.8) is 0 Å². The van der Waals surface area contributed by atoms with Crippen LogP contribution >= 0.6 is 0 Å². The molecule has 0 aliphatic heterocycles. The summed E-state index contributed by atoms with van der Waals surface area (Å²) in [6.45, 7) is 6.20. The van der Waals surface area contributed by atoms with E-state index in [4.69, 9.17) is 9.47 Å². The van der Waals surface area contributed by atoms with Gasteiger partial charge in [0.1, 0.15) is 17.0 Å². The molecule has 0 aliphatic carbocycles. The Bertz CT molecular complexity index is 1030. The largest absolute Gasteiger partial charge is 0.493 e. The Morgan fingerprint density at radius 3 is 2.50 bits per heavy atom. The van der Waals surface area contributed by atoms with E-state index in [2.05, 4.69) is 10.3 Å². The highest BCUT2D eigenvalue weighted by atomic mass is 16.6. The lowest BCUT2D eigenvalue weighted by Gasteiger charge is -2.19. The highest BCUT2D eigenvalue weighted by Gasteiger charge is 2.17. The van der Waals surface area contributed by atoms with E-state index in [9.17, 15) is 14.7 Å². The van der Waals surface area contributed by atoms with Crippen molar-refractivity contribution in [2.24, 2.45) is 0 Å². The first kappa shape index (κ1) is 21.2. The first-order valence-electron chi connectivity index (χ1n) is 9.79. The molecule has 0 fully saturated rings. The number of carboxylic acids is 1. The Labute approximate surface area is 175 Å². The second-order valence-corrected chi connectivity index (χ2v) is 7.88. The predicted octanol–water partition coefficient (Wildman–Crippen LogP) is 4.83. The molecule has 0 bridgehead atoms. The second kappa shape index (κ2) is 8.90. The monoisotopic (exact) mass is 410 g/mol. The summed E-state index contributed by atoms with van der Waals surface area (Å²) >= 11 is 0. The molecule has 30 heavy (non-hydrogen) atoms. The van der Waals surface area contributed by atoms with Crippen molar-refractivity contribution in [3.8, 4) is 16.9 Å². The van der Waals surface area contributed by atoms with Crippen LogP contribution in [0, 0.1) is 0 Å². The fourth-order valence-electron chi connectivity index (χ4n) is 3.05. The van der Waals surface area contributed by atoms with E-state index in [-0.39, 0.29) is 5.69 Å². The number of aromatic amines is 1. The molecule has 0 radical (unpaired) electrons. The topological polar surface area (TPSA) is 101 Å². The van der Waals surface area contributed by atoms with E-state index in [1.165, 1.54) is 0 Å². The molecular weight excluding hydrogens is 384 g/mol. The van der Waals surface area contributed by atoms with Crippen molar-refractivity contribution in [3.05, 3.63) is 54.2 Å². The molecule has 1 amide bonds. The number of carbonyl (C=O) groups is 2. The van der Waals surface area contributed by atoms with Gasteiger partial charge in [-0.3, -0.25) is 0 Å². The number of carboxylic acid groups (broad SMARTS) is 1. The summed E-state index contributed by atoms with van der Waals surface area (Å²) in [7, 11) is 0. The van der Waals surface area contributed by atoms with Gasteiger partial charge in [-0.25, -0.2) is 9.59 Å². The summed E-state index contributed by atoms with van der Waals surface area (Å²) in [6, 6.07) is 15.1. The normalized spacial score (nSPS) is 11.3. The van der Waals surface area contributed by atoms with Crippen molar-refractivity contribution in [1.82, 2.24) is 10.3 Å². The van der Waals surface area contributed by atoms with Crippen LogP contribution in [0.25, 0.3) is 22.0 Å². The highest BCUT2D eigenvalue weighted by Crippen LogP contribution is 2.35. The fraction of sp³-hybridized carbons (Fsp3) is 0.304. The number of H-pyrrole nitrogens is 1. The smallest absolute Gasteiger partial charge is 0.407 e. The van der Waals surface area contributed by atoms with E-state index < -0.39 is 17.7 Å². The van der Waals surface area contributed by atoms with E-state index in [1.54, 1.807) is 6.07 Å². The minimum atomic E-state index is -1.03.